The maximum Gasteiger partial charge on any atom is 0.325 e. The fourth-order valence-corrected chi connectivity index (χ4v) is 3.78. The smallest absolute Gasteiger partial charge is 0.325 e. The van der Waals surface area contributed by atoms with Crippen molar-refractivity contribution in [2.24, 2.45) is 5.92 Å². The third kappa shape index (κ3) is 3.13. The number of benzene rings is 1. The molecular formula is C19H24N2O4. The van der Waals surface area contributed by atoms with E-state index >= 15 is 0 Å². The van der Waals surface area contributed by atoms with Crippen molar-refractivity contribution < 1.29 is 19.1 Å². The molecule has 1 N–H and O–H groups in total. The minimum Gasteiger partial charge on any atom is -0.494 e. The molecule has 2 atom stereocenters. The molecule has 1 aromatic carbocycles. The summed E-state index contributed by atoms with van der Waals surface area (Å²) >= 11 is 0. The quantitative estimate of drug-likeness (QED) is 0.658. The number of Topliss-reactive ketones (excluding diaryl/α,β-unsaturated/α-hetero) is 1. The van der Waals surface area contributed by atoms with Crippen molar-refractivity contribution in [2.75, 3.05) is 13.2 Å². The molecule has 0 unspecified atom stereocenters. The third-order valence-electron chi connectivity index (χ3n) is 5.29. The maximum absolute atomic E-state index is 12.9. The van der Waals surface area contributed by atoms with Gasteiger partial charge in [-0.05, 0) is 49.9 Å². The maximum atomic E-state index is 12.9. The Kier molecular flexibility index (Phi) is 4.79. The van der Waals surface area contributed by atoms with Gasteiger partial charge < -0.3 is 10.1 Å². The molecule has 0 bridgehead atoms. The van der Waals surface area contributed by atoms with Crippen LogP contribution in [0.3, 0.4) is 0 Å². The average Bonchev–Trinajstić information content (AvgIpc) is 2.83. The van der Waals surface area contributed by atoms with E-state index in [1.54, 1.807) is 24.3 Å². The number of hydrogen-bond donors (Lipinski definition) is 1. The molecule has 3 amide bonds. The van der Waals surface area contributed by atoms with E-state index in [0.29, 0.717) is 24.3 Å². The van der Waals surface area contributed by atoms with E-state index in [2.05, 4.69) is 5.32 Å². The number of ether oxygens (including phenoxy) is 1. The number of ketones is 1. The Bertz CT molecular complexity index is 685. The van der Waals surface area contributed by atoms with Crippen LogP contribution < -0.4 is 10.1 Å². The number of nitrogens with one attached hydrogen (secondary N) is 1. The first-order valence-electron chi connectivity index (χ1n) is 8.88. The molecule has 1 aliphatic carbocycles. The Balaban J connectivity index is 1.72. The largest absolute Gasteiger partial charge is 0.494 e. The second-order valence-corrected chi connectivity index (χ2v) is 6.82. The van der Waals surface area contributed by atoms with Gasteiger partial charge in [-0.3, -0.25) is 14.5 Å². The van der Waals surface area contributed by atoms with Crippen molar-refractivity contribution in [3.8, 4) is 5.75 Å². The molecule has 0 aromatic heterocycles. The van der Waals surface area contributed by atoms with Crippen LogP contribution in [0.2, 0.25) is 0 Å². The second kappa shape index (κ2) is 6.86. The summed E-state index contributed by atoms with van der Waals surface area (Å²) in [7, 11) is 0. The van der Waals surface area contributed by atoms with Crippen molar-refractivity contribution in [3.63, 3.8) is 0 Å². The number of carbonyl (C=O) groups is 3. The number of nitrogens with zero attached hydrogens (tertiary/aromatic N) is 1. The summed E-state index contributed by atoms with van der Waals surface area (Å²) in [6.45, 7) is 4.21. The van der Waals surface area contributed by atoms with E-state index < -0.39 is 11.6 Å². The van der Waals surface area contributed by atoms with Crippen LogP contribution in [-0.2, 0) is 4.79 Å². The van der Waals surface area contributed by atoms with E-state index in [4.69, 9.17) is 4.74 Å². The molecule has 2 fully saturated rings. The summed E-state index contributed by atoms with van der Waals surface area (Å²) < 4.78 is 5.36. The van der Waals surface area contributed by atoms with Crippen molar-refractivity contribution in [3.05, 3.63) is 29.8 Å². The average molecular weight is 344 g/mol. The van der Waals surface area contributed by atoms with Crippen LogP contribution in [0.4, 0.5) is 4.79 Å². The van der Waals surface area contributed by atoms with Crippen molar-refractivity contribution in [2.45, 2.75) is 45.1 Å². The normalized spacial score (nSPS) is 26.0. The van der Waals surface area contributed by atoms with Gasteiger partial charge in [0.05, 0.1) is 13.2 Å². The SMILES string of the molecule is CCOc1ccc(C(=O)CN2C(=O)N[C@@]3(CCCC[C@H]3C)C2=O)cc1. The first kappa shape index (κ1) is 17.5. The summed E-state index contributed by atoms with van der Waals surface area (Å²) in [6, 6.07) is 6.29. The molecule has 25 heavy (non-hydrogen) atoms. The highest BCUT2D eigenvalue weighted by Crippen LogP contribution is 2.38. The van der Waals surface area contributed by atoms with Gasteiger partial charge in [-0.2, -0.15) is 0 Å². The summed E-state index contributed by atoms with van der Waals surface area (Å²) in [4.78, 5) is 38.8. The lowest BCUT2D eigenvalue weighted by Crippen LogP contribution is -2.54. The first-order valence-corrected chi connectivity index (χ1v) is 8.88. The highest BCUT2D eigenvalue weighted by molar-refractivity contribution is 6.11. The number of carbonyl (C=O) groups excluding carboxylic acids is 3. The van der Waals surface area contributed by atoms with E-state index in [9.17, 15) is 14.4 Å². The zero-order valence-electron chi connectivity index (χ0n) is 14.7. The van der Waals surface area contributed by atoms with Crippen LogP contribution in [0.5, 0.6) is 5.75 Å². The van der Waals surface area contributed by atoms with E-state index in [0.717, 1.165) is 24.2 Å². The fraction of sp³-hybridized carbons (Fsp3) is 0.526. The molecule has 2 aliphatic rings. The topological polar surface area (TPSA) is 75.7 Å². The minimum absolute atomic E-state index is 0.0864. The van der Waals surface area contributed by atoms with E-state index in [1.165, 1.54) is 0 Å². The molecule has 1 saturated heterocycles. The van der Waals surface area contributed by atoms with E-state index in [1.807, 2.05) is 13.8 Å². The first-order chi connectivity index (χ1) is 12.0. The molecule has 0 radical (unpaired) electrons. The van der Waals surface area contributed by atoms with Crippen molar-refractivity contribution in [1.82, 2.24) is 10.2 Å². The molecule has 1 saturated carbocycles. The highest BCUT2D eigenvalue weighted by Gasteiger charge is 2.55. The van der Waals surface area contributed by atoms with E-state index in [-0.39, 0.29) is 24.2 Å². The zero-order valence-corrected chi connectivity index (χ0v) is 14.7. The summed E-state index contributed by atoms with van der Waals surface area (Å²) in [5.41, 5.74) is -0.365. The van der Waals surface area contributed by atoms with Gasteiger partial charge in [-0.25, -0.2) is 4.79 Å². The van der Waals surface area contributed by atoms with Crippen LogP contribution in [0, 0.1) is 5.92 Å². The number of amides is 3. The molecule has 6 heteroatoms. The van der Waals surface area contributed by atoms with Crippen LogP contribution in [0.25, 0.3) is 0 Å². The van der Waals surface area contributed by atoms with Gasteiger partial charge in [-0.1, -0.05) is 19.8 Å². The van der Waals surface area contributed by atoms with Gasteiger partial charge in [0, 0.05) is 5.56 Å². The highest BCUT2D eigenvalue weighted by atomic mass is 16.5. The lowest BCUT2D eigenvalue weighted by Gasteiger charge is -2.36. The lowest BCUT2D eigenvalue weighted by molar-refractivity contribution is -0.133. The third-order valence-corrected chi connectivity index (χ3v) is 5.29. The van der Waals surface area contributed by atoms with Crippen LogP contribution >= 0.6 is 0 Å². The van der Waals surface area contributed by atoms with Gasteiger partial charge in [-0.15, -0.1) is 0 Å². The molecule has 1 heterocycles. The van der Waals surface area contributed by atoms with Gasteiger partial charge in [0.15, 0.2) is 5.78 Å². The van der Waals surface area contributed by atoms with Gasteiger partial charge >= 0.3 is 6.03 Å². The fourth-order valence-electron chi connectivity index (χ4n) is 3.78. The van der Waals surface area contributed by atoms with Crippen molar-refractivity contribution in [1.29, 1.82) is 0 Å². The van der Waals surface area contributed by atoms with Crippen LogP contribution in [0.15, 0.2) is 24.3 Å². The van der Waals surface area contributed by atoms with Gasteiger partial charge in [0.1, 0.15) is 11.3 Å². The molecule has 3 rings (SSSR count). The van der Waals surface area contributed by atoms with Gasteiger partial charge in [0.2, 0.25) is 0 Å². The zero-order chi connectivity index (χ0) is 18.0. The monoisotopic (exact) mass is 344 g/mol. The Labute approximate surface area is 147 Å². The molecule has 134 valence electrons. The minimum atomic E-state index is -0.825. The number of urea groups is 1. The number of hydrogen-bond acceptors (Lipinski definition) is 4. The molecule has 1 aliphatic heterocycles. The second-order valence-electron chi connectivity index (χ2n) is 6.82. The molecular weight excluding hydrogens is 320 g/mol. The standard InChI is InChI=1S/C19H24N2O4/c1-3-25-15-9-7-14(8-10-15)16(22)12-21-17(23)19(20-18(21)24)11-5-4-6-13(19)2/h7-10,13H,3-6,11-12H2,1-2H3,(H,20,24)/t13-,19-/m1/s1. The number of imide groups is 1. The lowest BCUT2D eigenvalue weighted by atomic mass is 9.73. The molecule has 6 nitrogen and oxygen atoms in total. The Morgan fingerprint density at radius 3 is 2.64 bits per heavy atom. The molecule has 1 spiro atoms. The van der Waals surface area contributed by atoms with Crippen molar-refractivity contribution >= 4 is 17.7 Å². The Morgan fingerprint density at radius 1 is 1.28 bits per heavy atom. The van der Waals surface area contributed by atoms with Crippen LogP contribution in [0.1, 0.15) is 49.9 Å². The predicted octanol–water partition coefficient (Wildman–Crippen LogP) is 2.77. The van der Waals surface area contributed by atoms with Gasteiger partial charge in [0.25, 0.3) is 5.91 Å². The predicted molar refractivity (Wildman–Crippen MR) is 92.5 cm³/mol. The summed E-state index contributed by atoms with van der Waals surface area (Å²) in [5.74, 6) is 0.253. The Morgan fingerprint density at radius 2 is 2.00 bits per heavy atom. The molecule has 1 aromatic rings. The summed E-state index contributed by atoms with van der Waals surface area (Å²) in [5, 5.41) is 2.87. The van der Waals surface area contributed by atoms with Crippen LogP contribution in [-0.4, -0.2) is 41.3 Å². The summed E-state index contributed by atoms with van der Waals surface area (Å²) in [6.07, 6.45) is 3.54. The number of rotatable bonds is 5. The Hall–Kier alpha value is -2.37.